The summed E-state index contributed by atoms with van der Waals surface area (Å²) in [6.07, 6.45) is 2.01. The van der Waals surface area contributed by atoms with Gasteiger partial charge in [0.25, 0.3) is 0 Å². The minimum Gasteiger partial charge on any atom is -0.490 e. The first kappa shape index (κ1) is 9.99. The molecule has 0 aromatic heterocycles. The normalized spacial score (nSPS) is 14.9. The second-order valence-corrected chi connectivity index (χ2v) is 4.48. The zero-order valence-corrected chi connectivity index (χ0v) is 9.78. The molecule has 0 N–H and O–H groups in total. The van der Waals surface area contributed by atoms with Crippen LogP contribution in [0.1, 0.15) is 0 Å². The third-order valence-corrected chi connectivity index (χ3v) is 3.53. The molecule has 2 rings (SSSR count). The second kappa shape index (κ2) is 3.91. The summed E-state index contributed by atoms with van der Waals surface area (Å²) < 4.78 is 5.58. The number of hydrogen-bond acceptors (Lipinski definition) is 3. The first-order chi connectivity index (χ1) is 6.72. The Morgan fingerprint density at radius 1 is 1.50 bits per heavy atom. The number of thioether (sulfide) groups is 1. The molecule has 0 saturated carbocycles. The van der Waals surface area contributed by atoms with Crippen molar-refractivity contribution in [1.29, 1.82) is 0 Å². The van der Waals surface area contributed by atoms with Crippen LogP contribution in [0.2, 0.25) is 5.02 Å². The van der Waals surface area contributed by atoms with E-state index >= 15 is 0 Å². The van der Waals surface area contributed by atoms with Crippen molar-refractivity contribution in [2.24, 2.45) is 0 Å². The molecule has 0 unspecified atom stereocenters. The summed E-state index contributed by atoms with van der Waals surface area (Å²) in [5.41, 5.74) is 1.08. The summed E-state index contributed by atoms with van der Waals surface area (Å²) in [5, 5.41) is 0.800. The van der Waals surface area contributed by atoms with E-state index in [-0.39, 0.29) is 0 Å². The van der Waals surface area contributed by atoms with Gasteiger partial charge in [0.15, 0.2) is 0 Å². The Hall–Kier alpha value is -0.540. The average Bonchev–Trinajstić information content (AvgIpc) is 2.19. The molecule has 0 amide bonds. The molecular weight excluding hydrogens is 218 g/mol. The fourth-order valence-electron chi connectivity index (χ4n) is 1.51. The molecule has 0 aliphatic carbocycles. The summed E-state index contributed by atoms with van der Waals surface area (Å²) in [6, 6.07) is 3.99. The van der Waals surface area contributed by atoms with Crippen LogP contribution in [0.25, 0.3) is 0 Å². The zero-order valence-electron chi connectivity index (χ0n) is 8.21. The Labute approximate surface area is 93.2 Å². The lowest BCUT2D eigenvalue weighted by atomic mass is 10.2. The molecule has 1 aliphatic heterocycles. The third kappa shape index (κ3) is 1.66. The molecule has 0 saturated heterocycles. The minimum absolute atomic E-state index is 0.749. The number of nitrogens with zero attached hydrogens (tertiary/aromatic N) is 1. The molecule has 0 bridgehead atoms. The van der Waals surface area contributed by atoms with Crippen LogP contribution in [0.5, 0.6) is 5.75 Å². The number of rotatable bonds is 1. The van der Waals surface area contributed by atoms with Crippen molar-refractivity contribution in [3.05, 3.63) is 17.2 Å². The van der Waals surface area contributed by atoms with Gasteiger partial charge in [-0.3, -0.25) is 0 Å². The van der Waals surface area contributed by atoms with Gasteiger partial charge >= 0.3 is 0 Å². The quantitative estimate of drug-likeness (QED) is 0.688. The first-order valence-electron chi connectivity index (χ1n) is 4.44. The van der Waals surface area contributed by atoms with Gasteiger partial charge in [0.2, 0.25) is 0 Å². The molecule has 14 heavy (non-hydrogen) atoms. The SMILES string of the molecule is CSc1cc2c(cc1Cl)N(C)CCO2. The Balaban J connectivity index is 2.48. The fourth-order valence-corrected chi connectivity index (χ4v) is 2.38. The molecule has 1 aromatic carbocycles. The van der Waals surface area contributed by atoms with Crippen LogP contribution in [-0.2, 0) is 0 Å². The van der Waals surface area contributed by atoms with Crippen LogP contribution in [0.3, 0.4) is 0 Å². The Bertz CT molecular complexity index is 356. The number of hydrogen-bond donors (Lipinski definition) is 0. The maximum Gasteiger partial charge on any atom is 0.143 e. The lowest BCUT2D eigenvalue weighted by Gasteiger charge is -2.28. The molecule has 1 aliphatic rings. The van der Waals surface area contributed by atoms with E-state index in [2.05, 4.69) is 11.9 Å². The largest absolute Gasteiger partial charge is 0.490 e. The molecule has 0 spiro atoms. The fraction of sp³-hybridized carbons (Fsp3) is 0.400. The smallest absolute Gasteiger partial charge is 0.143 e. The van der Waals surface area contributed by atoms with Gasteiger partial charge in [-0.1, -0.05) is 11.6 Å². The number of anilines is 1. The summed E-state index contributed by atoms with van der Waals surface area (Å²) in [4.78, 5) is 3.23. The van der Waals surface area contributed by atoms with Crippen LogP contribution in [-0.4, -0.2) is 26.5 Å². The van der Waals surface area contributed by atoms with Gasteiger partial charge in [0.05, 0.1) is 17.3 Å². The van der Waals surface area contributed by atoms with Crippen molar-refractivity contribution >= 4 is 29.1 Å². The van der Waals surface area contributed by atoms with Gasteiger partial charge in [-0.2, -0.15) is 0 Å². The molecule has 1 aromatic rings. The summed E-state index contributed by atoms with van der Waals surface area (Å²) in [7, 11) is 2.05. The average molecular weight is 230 g/mol. The monoisotopic (exact) mass is 229 g/mol. The topological polar surface area (TPSA) is 12.5 Å². The minimum atomic E-state index is 0.749. The molecule has 76 valence electrons. The van der Waals surface area contributed by atoms with Crippen LogP contribution in [0, 0.1) is 0 Å². The highest BCUT2D eigenvalue weighted by Crippen LogP contribution is 2.38. The Morgan fingerprint density at radius 3 is 3.00 bits per heavy atom. The highest BCUT2D eigenvalue weighted by Gasteiger charge is 2.16. The van der Waals surface area contributed by atoms with Crippen molar-refractivity contribution in [2.45, 2.75) is 4.90 Å². The molecule has 2 nitrogen and oxygen atoms in total. The maximum absolute atomic E-state index is 6.12. The molecule has 0 radical (unpaired) electrons. The van der Waals surface area contributed by atoms with Gasteiger partial charge in [-0.15, -0.1) is 11.8 Å². The van der Waals surface area contributed by atoms with Crippen LogP contribution >= 0.6 is 23.4 Å². The second-order valence-electron chi connectivity index (χ2n) is 3.22. The van der Waals surface area contributed by atoms with Crippen LogP contribution in [0.15, 0.2) is 17.0 Å². The van der Waals surface area contributed by atoms with E-state index in [4.69, 9.17) is 16.3 Å². The van der Waals surface area contributed by atoms with Gasteiger partial charge < -0.3 is 9.64 Å². The van der Waals surface area contributed by atoms with E-state index in [0.29, 0.717) is 0 Å². The van der Waals surface area contributed by atoms with Crippen LogP contribution < -0.4 is 9.64 Å². The van der Waals surface area contributed by atoms with Gasteiger partial charge in [-0.25, -0.2) is 0 Å². The Morgan fingerprint density at radius 2 is 2.29 bits per heavy atom. The van der Waals surface area contributed by atoms with Gasteiger partial charge in [-0.05, 0) is 18.4 Å². The third-order valence-electron chi connectivity index (χ3n) is 2.33. The predicted molar refractivity (Wildman–Crippen MR) is 62.0 cm³/mol. The molecule has 4 heteroatoms. The number of fused-ring (bicyclic) bond motifs is 1. The van der Waals surface area contributed by atoms with Crippen molar-refractivity contribution in [1.82, 2.24) is 0 Å². The number of likely N-dealkylation sites (N-methyl/N-ethyl adjacent to an activating group) is 1. The van der Waals surface area contributed by atoms with E-state index in [1.165, 1.54) is 0 Å². The highest BCUT2D eigenvalue weighted by molar-refractivity contribution is 7.98. The molecular formula is C10H12ClNOS. The Kier molecular flexibility index (Phi) is 2.79. The lowest BCUT2D eigenvalue weighted by molar-refractivity contribution is 0.310. The predicted octanol–water partition coefficient (Wildman–Crippen LogP) is 2.89. The van der Waals surface area contributed by atoms with E-state index in [0.717, 1.165) is 34.5 Å². The lowest BCUT2D eigenvalue weighted by Crippen LogP contribution is -2.28. The molecule has 1 heterocycles. The highest BCUT2D eigenvalue weighted by atomic mass is 35.5. The maximum atomic E-state index is 6.12. The standard InChI is InChI=1S/C10H12ClNOS/c1-12-3-4-13-9-6-10(14-2)7(11)5-8(9)12/h5-6H,3-4H2,1-2H3. The first-order valence-corrected chi connectivity index (χ1v) is 6.04. The van der Waals surface area contributed by atoms with Gasteiger partial charge in [0.1, 0.15) is 12.4 Å². The molecule has 0 atom stereocenters. The summed E-state index contributed by atoms with van der Waals surface area (Å²) in [6.45, 7) is 1.67. The van der Waals surface area contributed by atoms with E-state index in [1.54, 1.807) is 11.8 Å². The molecule has 0 fully saturated rings. The van der Waals surface area contributed by atoms with Crippen molar-refractivity contribution < 1.29 is 4.74 Å². The van der Waals surface area contributed by atoms with Crippen molar-refractivity contribution in [2.75, 3.05) is 31.4 Å². The summed E-state index contributed by atoms with van der Waals surface area (Å²) >= 11 is 7.76. The van der Waals surface area contributed by atoms with Crippen molar-refractivity contribution in [3.8, 4) is 5.75 Å². The zero-order chi connectivity index (χ0) is 10.1. The van der Waals surface area contributed by atoms with E-state index < -0.39 is 0 Å². The number of ether oxygens (including phenoxy) is 1. The van der Waals surface area contributed by atoms with Crippen LogP contribution in [0.4, 0.5) is 5.69 Å². The van der Waals surface area contributed by atoms with E-state index in [9.17, 15) is 0 Å². The van der Waals surface area contributed by atoms with E-state index in [1.807, 2.05) is 18.4 Å². The summed E-state index contributed by atoms with van der Waals surface area (Å²) in [5.74, 6) is 0.938. The number of halogens is 1. The number of benzene rings is 1. The van der Waals surface area contributed by atoms with Crippen molar-refractivity contribution in [3.63, 3.8) is 0 Å². The van der Waals surface area contributed by atoms with Gasteiger partial charge in [0, 0.05) is 11.9 Å².